The molecule has 0 aliphatic heterocycles. The summed E-state index contributed by atoms with van der Waals surface area (Å²) >= 11 is 0. The molecule has 2 heterocycles. The Morgan fingerprint density at radius 1 is 0.763 bits per heavy atom. The number of ether oxygens (including phenoxy) is 2. The van der Waals surface area contributed by atoms with Crippen molar-refractivity contribution in [3.05, 3.63) is 126 Å². The van der Waals surface area contributed by atoms with E-state index in [0.717, 1.165) is 18.5 Å². The van der Waals surface area contributed by atoms with E-state index < -0.39 is 0 Å². The van der Waals surface area contributed by atoms with E-state index in [9.17, 15) is 0 Å². The topological polar surface area (TPSA) is 47.5 Å². The SMILES string of the molecule is C/C=C/c1ccc(OC)nc1.CCC(c1ccc(OC)nc1)N(Cc1ccccc1)C(C)c1ccccc1. The number of hydrogen-bond acceptors (Lipinski definition) is 5. The number of rotatable bonds is 10. The van der Waals surface area contributed by atoms with Gasteiger partial charge in [0.15, 0.2) is 0 Å². The van der Waals surface area contributed by atoms with Gasteiger partial charge in [-0.1, -0.05) is 85.8 Å². The molecule has 0 fully saturated rings. The van der Waals surface area contributed by atoms with Gasteiger partial charge in [-0.05, 0) is 48.6 Å². The van der Waals surface area contributed by atoms with Gasteiger partial charge < -0.3 is 9.47 Å². The molecule has 0 aliphatic rings. The van der Waals surface area contributed by atoms with Crippen LogP contribution in [0.25, 0.3) is 6.08 Å². The average Bonchev–Trinajstić information content (AvgIpc) is 2.99. The Morgan fingerprint density at radius 3 is 1.87 bits per heavy atom. The van der Waals surface area contributed by atoms with Crippen LogP contribution in [0, 0.1) is 0 Å². The zero-order valence-corrected chi connectivity index (χ0v) is 23.1. The molecular weight excluding hydrogens is 470 g/mol. The van der Waals surface area contributed by atoms with Crippen LogP contribution >= 0.6 is 0 Å². The molecule has 5 nitrogen and oxygen atoms in total. The zero-order chi connectivity index (χ0) is 27.2. The fraction of sp³-hybridized carbons (Fsp3) is 0.273. The fourth-order valence-corrected chi connectivity index (χ4v) is 4.41. The van der Waals surface area contributed by atoms with E-state index in [1.54, 1.807) is 20.4 Å². The Labute approximate surface area is 227 Å². The Bertz CT molecular complexity index is 1210. The average molecular weight is 510 g/mol. The first-order chi connectivity index (χ1) is 18.6. The summed E-state index contributed by atoms with van der Waals surface area (Å²) in [5, 5.41) is 0. The van der Waals surface area contributed by atoms with Crippen LogP contribution in [-0.2, 0) is 6.54 Å². The van der Waals surface area contributed by atoms with Gasteiger partial charge in [-0.3, -0.25) is 4.90 Å². The van der Waals surface area contributed by atoms with Crippen LogP contribution in [0.3, 0.4) is 0 Å². The molecule has 4 aromatic rings. The smallest absolute Gasteiger partial charge is 0.212 e. The third-order valence-electron chi connectivity index (χ3n) is 6.46. The van der Waals surface area contributed by atoms with Crippen molar-refractivity contribution < 1.29 is 9.47 Å². The highest BCUT2D eigenvalue weighted by Gasteiger charge is 2.25. The number of nitrogens with zero attached hydrogens (tertiary/aromatic N) is 3. The third-order valence-corrected chi connectivity index (χ3v) is 6.46. The standard InChI is InChI=1S/C24H28N2O.C9H11NO/c1-4-23(22-15-16-24(27-3)25-17-22)26(18-20-11-7-5-8-12-20)19(2)21-13-9-6-10-14-21;1-3-4-8-5-6-9(11-2)10-7-8/h5-17,19,23H,4,18H2,1-3H3;3-7H,1-2H3/b;4-3+. The molecule has 2 aromatic carbocycles. The van der Waals surface area contributed by atoms with Crippen molar-refractivity contribution in [2.75, 3.05) is 14.2 Å². The molecule has 0 bridgehead atoms. The lowest BCUT2D eigenvalue weighted by Gasteiger charge is -2.37. The van der Waals surface area contributed by atoms with E-state index in [2.05, 4.69) is 95.4 Å². The monoisotopic (exact) mass is 509 g/mol. The Kier molecular flexibility index (Phi) is 11.5. The number of benzene rings is 2. The summed E-state index contributed by atoms with van der Waals surface area (Å²) in [6, 6.07) is 29.9. The van der Waals surface area contributed by atoms with Crippen LogP contribution in [0.4, 0.5) is 0 Å². The number of allylic oxidation sites excluding steroid dienone is 1. The maximum atomic E-state index is 5.23. The van der Waals surface area contributed by atoms with E-state index >= 15 is 0 Å². The lowest BCUT2D eigenvalue weighted by Crippen LogP contribution is -2.31. The van der Waals surface area contributed by atoms with Gasteiger partial charge in [0.25, 0.3) is 0 Å². The fourth-order valence-electron chi connectivity index (χ4n) is 4.41. The summed E-state index contributed by atoms with van der Waals surface area (Å²) in [6.45, 7) is 7.40. The van der Waals surface area contributed by atoms with Crippen molar-refractivity contribution in [3.8, 4) is 11.8 Å². The van der Waals surface area contributed by atoms with Gasteiger partial charge in [0, 0.05) is 43.2 Å². The summed E-state index contributed by atoms with van der Waals surface area (Å²) < 4.78 is 10.1. The van der Waals surface area contributed by atoms with E-state index in [1.165, 1.54) is 16.7 Å². The molecule has 0 saturated heterocycles. The summed E-state index contributed by atoms with van der Waals surface area (Å²) in [6.07, 6.45) is 8.70. The quantitative estimate of drug-likeness (QED) is 0.217. The number of hydrogen-bond donors (Lipinski definition) is 0. The van der Waals surface area contributed by atoms with Gasteiger partial charge in [0.1, 0.15) is 0 Å². The molecule has 198 valence electrons. The Morgan fingerprint density at radius 2 is 1.37 bits per heavy atom. The van der Waals surface area contributed by atoms with Crippen LogP contribution < -0.4 is 9.47 Å². The lowest BCUT2D eigenvalue weighted by molar-refractivity contribution is 0.129. The van der Waals surface area contributed by atoms with Crippen molar-refractivity contribution >= 4 is 6.08 Å². The molecule has 0 N–H and O–H groups in total. The first-order valence-corrected chi connectivity index (χ1v) is 13.1. The first-order valence-electron chi connectivity index (χ1n) is 13.1. The largest absolute Gasteiger partial charge is 0.481 e. The van der Waals surface area contributed by atoms with Gasteiger partial charge in [-0.2, -0.15) is 0 Å². The van der Waals surface area contributed by atoms with E-state index in [-0.39, 0.29) is 6.04 Å². The molecule has 0 aliphatic carbocycles. The van der Waals surface area contributed by atoms with Crippen LogP contribution in [0.5, 0.6) is 11.8 Å². The molecule has 4 rings (SSSR count). The third kappa shape index (κ3) is 8.29. The minimum absolute atomic E-state index is 0.277. The molecule has 0 saturated carbocycles. The maximum Gasteiger partial charge on any atom is 0.212 e. The highest BCUT2D eigenvalue weighted by Crippen LogP contribution is 2.34. The van der Waals surface area contributed by atoms with E-state index in [4.69, 9.17) is 9.47 Å². The van der Waals surface area contributed by atoms with Crippen molar-refractivity contribution in [2.45, 2.75) is 45.8 Å². The number of pyridine rings is 2. The van der Waals surface area contributed by atoms with Crippen molar-refractivity contribution in [1.82, 2.24) is 14.9 Å². The minimum Gasteiger partial charge on any atom is -0.481 e. The lowest BCUT2D eigenvalue weighted by atomic mass is 9.98. The van der Waals surface area contributed by atoms with E-state index in [1.807, 2.05) is 43.5 Å². The van der Waals surface area contributed by atoms with Gasteiger partial charge in [0.2, 0.25) is 11.8 Å². The number of methoxy groups -OCH3 is 2. The Hall–Kier alpha value is -3.96. The maximum absolute atomic E-state index is 5.23. The highest BCUT2D eigenvalue weighted by molar-refractivity contribution is 5.47. The van der Waals surface area contributed by atoms with Gasteiger partial charge >= 0.3 is 0 Å². The second kappa shape index (κ2) is 15.3. The molecule has 0 amide bonds. The second-order valence-electron chi connectivity index (χ2n) is 8.94. The zero-order valence-electron chi connectivity index (χ0n) is 23.1. The molecule has 0 spiro atoms. The predicted molar refractivity (Wildman–Crippen MR) is 156 cm³/mol. The van der Waals surface area contributed by atoms with Crippen molar-refractivity contribution in [3.63, 3.8) is 0 Å². The molecule has 38 heavy (non-hydrogen) atoms. The minimum atomic E-state index is 0.277. The second-order valence-corrected chi connectivity index (χ2v) is 8.94. The van der Waals surface area contributed by atoms with E-state index in [0.29, 0.717) is 17.8 Å². The van der Waals surface area contributed by atoms with Gasteiger partial charge in [0.05, 0.1) is 14.2 Å². The van der Waals surface area contributed by atoms with Crippen LogP contribution in [0.1, 0.15) is 61.5 Å². The first kappa shape index (κ1) is 28.6. The Balaban J connectivity index is 0.000000304. The summed E-state index contributed by atoms with van der Waals surface area (Å²) in [5.74, 6) is 1.30. The molecule has 0 radical (unpaired) electrons. The predicted octanol–water partition coefficient (Wildman–Crippen LogP) is 7.93. The highest BCUT2D eigenvalue weighted by atomic mass is 16.5. The van der Waals surface area contributed by atoms with Crippen molar-refractivity contribution in [1.29, 1.82) is 0 Å². The molecular formula is C33H39N3O2. The molecule has 5 heteroatoms. The summed E-state index contributed by atoms with van der Waals surface area (Å²) in [5.41, 5.74) is 4.96. The van der Waals surface area contributed by atoms with Gasteiger partial charge in [-0.25, -0.2) is 9.97 Å². The van der Waals surface area contributed by atoms with Crippen LogP contribution in [0.15, 0.2) is 103 Å². The summed E-state index contributed by atoms with van der Waals surface area (Å²) in [4.78, 5) is 11.0. The number of aromatic nitrogens is 2. The molecule has 2 aromatic heterocycles. The van der Waals surface area contributed by atoms with Crippen LogP contribution in [0.2, 0.25) is 0 Å². The molecule has 2 unspecified atom stereocenters. The normalized spacial score (nSPS) is 12.5. The summed E-state index contributed by atoms with van der Waals surface area (Å²) in [7, 11) is 3.26. The van der Waals surface area contributed by atoms with Gasteiger partial charge in [-0.15, -0.1) is 0 Å². The van der Waals surface area contributed by atoms with Crippen LogP contribution in [-0.4, -0.2) is 29.1 Å². The van der Waals surface area contributed by atoms with Crippen molar-refractivity contribution in [2.24, 2.45) is 0 Å². The molecule has 2 atom stereocenters.